The van der Waals surface area contributed by atoms with E-state index in [1.807, 2.05) is 37.4 Å². The molecule has 0 radical (unpaired) electrons. The van der Waals surface area contributed by atoms with Crippen LogP contribution < -0.4 is 10.8 Å². The predicted octanol–water partition coefficient (Wildman–Crippen LogP) is 4.91. The Balaban J connectivity index is 2.02. The Morgan fingerprint density at radius 3 is 2.52 bits per heavy atom. The average Bonchev–Trinajstić information content (AvgIpc) is 3.00. The number of nitrogens with one attached hydrogen (secondary N) is 2. The van der Waals surface area contributed by atoms with Crippen molar-refractivity contribution in [1.82, 2.24) is 3.96 Å². The van der Waals surface area contributed by atoms with Gasteiger partial charge in [0.05, 0.1) is 5.69 Å². The molecule has 0 aliphatic carbocycles. The monoisotopic (exact) mass is 396 g/mol. The maximum Gasteiger partial charge on any atom is 0.223 e. The number of ketones is 1. The number of rotatable bonds is 4. The van der Waals surface area contributed by atoms with E-state index >= 15 is 0 Å². The largest absolute Gasteiger partial charge is 0.325 e. The number of hydrogen-bond acceptors (Lipinski definition) is 5. The molecule has 2 aromatic carbocycles. The zero-order chi connectivity index (χ0) is 19.4. The first-order chi connectivity index (χ1) is 13.0. The molecule has 0 aliphatic heterocycles. The fourth-order valence-electron chi connectivity index (χ4n) is 2.48. The maximum atomic E-state index is 11.5. The van der Waals surface area contributed by atoms with E-state index in [1.165, 1.54) is 11.5 Å². The lowest BCUT2D eigenvalue weighted by atomic mass is 10.1. The Morgan fingerprint density at radius 1 is 1.19 bits per heavy atom. The molecule has 0 atom stereocenters. The van der Waals surface area contributed by atoms with Crippen LogP contribution in [0.15, 0.2) is 64.5 Å². The average molecular weight is 397 g/mol. The standard InChI is InChI=1S/C20H20N4OS2/c1-13-11-19(21)24(27-13)20(23-17-5-4-6-18(12-17)26-3)22-16-9-7-15(8-10-16)14(2)25/h4-12,21H,1-3H3,(H,22,23). The van der Waals surface area contributed by atoms with E-state index in [1.54, 1.807) is 53.0 Å². The normalized spacial score (nSPS) is 11.4. The lowest BCUT2D eigenvalue weighted by Gasteiger charge is -2.11. The second-order valence-corrected chi connectivity index (χ2v) is 7.99. The summed E-state index contributed by atoms with van der Waals surface area (Å²) in [5, 5.41) is 11.6. The molecule has 0 amide bonds. The Morgan fingerprint density at radius 2 is 1.93 bits per heavy atom. The summed E-state index contributed by atoms with van der Waals surface area (Å²) in [5.74, 6) is 0.571. The molecular weight excluding hydrogens is 376 g/mol. The van der Waals surface area contributed by atoms with E-state index in [4.69, 9.17) is 10.4 Å². The number of carbonyl (C=O) groups excluding carboxylic acids is 1. The summed E-state index contributed by atoms with van der Waals surface area (Å²) < 4.78 is 1.75. The van der Waals surface area contributed by atoms with Gasteiger partial charge in [-0.15, -0.1) is 11.8 Å². The van der Waals surface area contributed by atoms with E-state index in [0.29, 0.717) is 22.7 Å². The molecule has 27 heavy (non-hydrogen) atoms. The second kappa shape index (κ2) is 8.37. The van der Waals surface area contributed by atoms with Crippen LogP contribution in [0.5, 0.6) is 0 Å². The number of aromatic nitrogens is 1. The SMILES string of the molecule is CSc1cccc(NC(=Nc2ccc(C(C)=O)cc2)n2sc(C)cc2=N)c1. The molecule has 0 spiro atoms. The maximum absolute atomic E-state index is 11.5. The summed E-state index contributed by atoms with van der Waals surface area (Å²) in [5.41, 5.74) is 2.63. The second-order valence-electron chi connectivity index (χ2n) is 5.92. The Hall–Kier alpha value is -2.64. The fourth-order valence-corrected chi connectivity index (χ4v) is 3.71. The van der Waals surface area contributed by atoms with Gasteiger partial charge >= 0.3 is 0 Å². The molecule has 0 saturated carbocycles. The molecule has 3 rings (SSSR count). The number of carbonyl (C=O) groups is 1. The fraction of sp³-hybridized carbons (Fsp3) is 0.150. The van der Waals surface area contributed by atoms with Crippen molar-refractivity contribution in [3.63, 3.8) is 0 Å². The highest BCUT2D eigenvalue weighted by Crippen LogP contribution is 2.21. The molecular formula is C20H20N4OS2. The van der Waals surface area contributed by atoms with Crippen molar-refractivity contribution in [3.05, 3.63) is 70.5 Å². The molecule has 7 heteroatoms. The van der Waals surface area contributed by atoms with E-state index in [9.17, 15) is 4.79 Å². The molecule has 1 aromatic heterocycles. The van der Waals surface area contributed by atoms with Crippen molar-refractivity contribution in [3.8, 4) is 0 Å². The molecule has 0 fully saturated rings. The minimum Gasteiger partial charge on any atom is -0.325 e. The van der Waals surface area contributed by atoms with Gasteiger partial charge in [-0.3, -0.25) is 10.2 Å². The Bertz CT molecular complexity index is 1050. The van der Waals surface area contributed by atoms with E-state index in [-0.39, 0.29) is 5.78 Å². The molecule has 0 saturated heterocycles. The van der Waals surface area contributed by atoms with E-state index in [2.05, 4.69) is 5.32 Å². The number of benzene rings is 2. The number of Topliss-reactive ketones (excluding diaryl/α,β-unsaturated/α-hetero) is 1. The van der Waals surface area contributed by atoms with Gasteiger partial charge in [0, 0.05) is 21.0 Å². The molecule has 0 aliphatic rings. The third kappa shape index (κ3) is 4.75. The van der Waals surface area contributed by atoms with Crippen molar-refractivity contribution in [2.45, 2.75) is 18.7 Å². The highest BCUT2D eigenvalue weighted by atomic mass is 32.2. The highest BCUT2D eigenvalue weighted by Gasteiger charge is 2.09. The zero-order valence-electron chi connectivity index (χ0n) is 15.3. The number of aryl methyl sites for hydroxylation is 1. The van der Waals surface area contributed by atoms with Crippen LogP contribution in [-0.4, -0.2) is 22.0 Å². The van der Waals surface area contributed by atoms with Crippen molar-refractivity contribution in [2.75, 3.05) is 11.6 Å². The van der Waals surface area contributed by atoms with Crippen LogP contribution in [0.4, 0.5) is 11.4 Å². The van der Waals surface area contributed by atoms with Crippen molar-refractivity contribution < 1.29 is 4.79 Å². The minimum absolute atomic E-state index is 0.0226. The number of hydrogen-bond donors (Lipinski definition) is 2. The number of nitrogens with zero attached hydrogens (tertiary/aromatic N) is 2. The quantitative estimate of drug-likeness (QED) is 0.285. The van der Waals surface area contributed by atoms with Gasteiger partial charge in [0.1, 0.15) is 5.49 Å². The van der Waals surface area contributed by atoms with Crippen molar-refractivity contribution in [2.24, 2.45) is 4.99 Å². The number of aliphatic imine (C=N–C) groups is 1. The Kier molecular flexibility index (Phi) is 5.93. The molecule has 138 valence electrons. The van der Waals surface area contributed by atoms with Crippen LogP contribution in [-0.2, 0) is 0 Å². The smallest absolute Gasteiger partial charge is 0.223 e. The van der Waals surface area contributed by atoms with Gasteiger partial charge in [0.25, 0.3) is 0 Å². The van der Waals surface area contributed by atoms with Gasteiger partial charge in [-0.25, -0.2) is 8.95 Å². The van der Waals surface area contributed by atoms with Crippen LogP contribution >= 0.6 is 23.3 Å². The third-order valence-electron chi connectivity index (χ3n) is 3.82. The molecule has 0 bridgehead atoms. The zero-order valence-corrected chi connectivity index (χ0v) is 16.9. The Labute approximate surface area is 166 Å². The first kappa shape index (κ1) is 19.1. The summed E-state index contributed by atoms with van der Waals surface area (Å²) in [4.78, 5) is 18.3. The number of anilines is 1. The number of thioether (sulfide) groups is 1. The van der Waals surface area contributed by atoms with Crippen molar-refractivity contribution >= 4 is 46.4 Å². The molecule has 0 unspecified atom stereocenters. The lowest BCUT2D eigenvalue weighted by Crippen LogP contribution is -2.28. The minimum atomic E-state index is 0.0226. The predicted molar refractivity (Wildman–Crippen MR) is 114 cm³/mol. The van der Waals surface area contributed by atoms with E-state index in [0.717, 1.165) is 15.5 Å². The molecule has 2 N–H and O–H groups in total. The first-order valence-corrected chi connectivity index (χ1v) is 10.3. The lowest BCUT2D eigenvalue weighted by molar-refractivity contribution is 0.101. The summed E-state index contributed by atoms with van der Waals surface area (Å²) in [6.45, 7) is 3.51. The van der Waals surface area contributed by atoms with Crippen LogP contribution in [0.1, 0.15) is 22.2 Å². The van der Waals surface area contributed by atoms with Gasteiger partial charge in [0.2, 0.25) is 5.96 Å². The van der Waals surface area contributed by atoms with Crippen LogP contribution in [0, 0.1) is 12.3 Å². The van der Waals surface area contributed by atoms with Gasteiger partial charge in [0.15, 0.2) is 5.78 Å². The molecule has 3 aromatic rings. The van der Waals surface area contributed by atoms with Crippen molar-refractivity contribution in [1.29, 1.82) is 5.41 Å². The van der Waals surface area contributed by atoms with Crippen LogP contribution in [0.3, 0.4) is 0 Å². The summed E-state index contributed by atoms with van der Waals surface area (Å²) in [6, 6.07) is 17.0. The topological polar surface area (TPSA) is 70.2 Å². The van der Waals surface area contributed by atoms with Gasteiger partial charge in [-0.05, 0) is 68.6 Å². The summed E-state index contributed by atoms with van der Waals surface area (Å²) in [7, 11) is 0. The van der Waals surface area contributed by atoms with Gasteiger partial charge < -0.3 is 5.32 Å². The van der Waals surface area contributed by atoms with Gasteiger partial charge in [-0.1, -0.05) is 17.6 Å². The molecule has 5 nitrogen and oxygen atoms in total. The summed E-state index contributed by atoms with van der Waals surface area (Å²) in [6.07, 6.45) is 2.03. The third-order valence-corrected chi connectivity index (χ3v) is 5.50. The summed E-state index contributed by atoms with van der Waals surface area (Å²) >= 11 is 3.12. The van der Waals surface area contributed by atoms with Crippen LogP contribution in [0.25, 0.3) is 0 Å². The van der Waals surface area contributed by atoms with Gasteiger partial charge in [-0.2, -0.15) is 0 Å². The van der Waals surface area contributed by atoms with E-state index < -0.39 is 0 Å². The van der Waals surface area contributed by atoms with Crippen LogP contribution in [0.2, 0.25) is 0 Å². The first-order valence-electron chi connectivity index (χ1n) is 8.32. The molecule has 1 heterocycles. The highest BCUT2D eigenvalue weighted by molar-refractivity contribution is 7.98.